The average Bonchev–Trinajstić information content (AvgIpc) is 1.85. The van der Waals surface area contributed by atoms with E-state index in [1.54, 1.807) is 6.08 Å². The van der Waals surface area contributed by atoms with E-state index in [-0.39, 0.29) is 6.10 Å². The molecule has 0 aliphatic rings. The Morgan fingerprint density at radius 3 is 2.73 bits per heavy atom. The number of carboxylic acid groups (broad SMARTS) is 1. The van der Waals surface area contributed by atoms with Crippen LogP contribution in [0.25, 0.3) is 0 Å². The molecule has 0 aromatic rings. The molecule has 0 aromatic heterocycles. The summed E-state index contributed by atoms with van der Waals surface area (Å²) in [5.74, 6) is -0.908. The minimum atomic E-state index is -0.908. The van der Waals surface area contributed by atoms with Gasteiger partial charge in [0.05, 0.1) is 12.7 Å². The van der Waals surface area contributed by atoms with Gasteiger partial charge in [0, 0.05) is 6.08 Å². The minimum absolute atomic E-state index is 0.216. The Labute approximate surface area is 66.7 Å². The van der Waals surface area contributed by atoms with Gasteiger partial charge in [-0.2, -0.15) is 0 Å². The van der Waals surface area contributed by atoms with E-state index in [2.05, 4.69) is 0 Å². The highest BCUT2D eigenvalue weighted by Crippen LogP contribution is 1.91. The first kappa shape index (κ1) is 10.2. The highest BCUT2D eigenvalue weighted by Gasteiger charge is 1.90. The monoisotopic (exact) mass is 158 g/mol. The molecule has 0 spiro atoms. The van der Waals surface area contributed by atoms with Crippen molar-refractivity contribution in [1.29, 1.82) is 0 Å². The van der Waals surface area contributed by atoms with Crippen LogP contribution in [0.3, 0.4) is 0 Å². The Balaban J connectivity index is 3.21. The van der Waals surface area contributed by atoms with Gasteiger partial charge in [-0.25, -0.2) is 4.79 Å². The molecule has 0 rings (SSSR count). The Kier molecular flexibility index (Phi) is 5.47. The molecule has 0 atom stereocenters. The molecule has 0 aromatic carbocycles. The summed E-state index contributed by atoms with van der Waals surface area (Å²) in [6.07, 6.45) is 3.59. The van der Waals surface area contributed by atoms with Crippen molar-refractivity contribution in [3.63, 3.8) is 0 Å². The second-order valence-corrected chi connectivity index (χ2v) is 2.45. The first-order valence-corrected chi connectivity index (χ1v) is 3.64. The minimum Gasteiger partial charge on any atom is -0.478 e. The zero-order valence-corrected chi connectivity index (χ0v) is 6.91. The van der Waals surface area contributed by atoms with Crippen molar-refractivity contribution >= 4 is 5.97 Å². The zero-order chi connectivity index (χ0) is 8.69. The van der Waals surface area contributed by atoms with Crippen molar-refractivity contribution in [2.75, 3.05) is 6.61 Å². The lowest BCUT2D eigenvalue weighted by molar-refractivity contribution is -0.131. The molecule has 0 fully saturated rings. The second-order valence-electron chi connectivity index (χ2n) is 2.45. The lowest BCUT2D eigenvalue weighted by Gasteiger charge is -2.03. The first-order valence-electron chi connectivity index (χ1n) is 3.64. The van der Waals surface area contributed by atoms with Gasteiger partial charge >= 0.3 is 5.97 Å². The molecule has 0 aliphatic heterocycles. The van der Waals surface area contributed by atoms with Crippen LogP contribution in [-0.2, 0) is 9.53 Å². The van der Waals surface area contributed by atoms with Crippen LogP contribution in [0.1, 0.15) is 20.3 Å². The molecule has 3 heteroatoms. The maximum absolute atomic E-state index is 9.97. The lowest BCUT2D eigenvalue weighted by atomic mass is 10.4. The average molecular weight is 158 g/mol. The largest absolute Gasteiger partial charge is 0.478 e. The van der Waals surface area contributed by atoms with E-state index in [0.717, 1.165) is 6.08 Å². The first-order chi connectivity index (χ1) is 5.13. The summed E-state index contributed by atoms with van der Waals surface area (Å²) in [6, 6.07) is 0. The molecule has 11 heavy (non-hydrogen) atoms. The molecule has 0 saturated heterocycles. The van der Waals surface area contributed by atoms with Crippen molar-refractivity contribution in [3.8, 4) is 0 Å². The van der Waals surface area contributed by atoms with Crippen LogP contribution in [0.5, 0.6) is 0 Å². The van der Waals surface area contributed by atoms with E-state index in [9.17, 15) is 4.79 Å². The van der Waals surface area contributed by atoms with Crippen LogP contribution in [0, 0.1) is 0 Å². The van der Waals surface area contributed by atoms with E-state index < -0.39 is 5.97 Å². The predicted octanol–water partition coefficient (Wildman–Crippen LogP) is 1.44. The molecule has 3 nitrogen and oxygen atoms in total. The Bertz CT molecular complexity index is 138. The highest BCUT2D eigenvalue weighted by molar-refractivity contribution is 5.79. The smallest absolute Gasteiger partial charge is 0.327 e. The molecule has 0 saturated carbocycles. The van der Waals surface area contributed by atoms with Gasteiger partial charge in [-0.3, -0.25) is 0 Å². The summed E-state index contributed by atoms with van der Waals surface area (Å²) in [5.41, 5.74) is 0. The standard InChI is InChI=1S/C8H14O3/c1-7(2)11-6-4-3-5-8(9)10/h3,5,7H,4,6H2,1-2H3,(H,9,10)/b5-3+. The summed E-state index contributed by atoms with van der Waals surface area (Å²) in [4.78, 5) is 9.97. The van der Waals surface area contributed by atoms with Crippen LogP contribution in [0.15, 0.2) is 12.2 Å². The van der Waals surface area contributed by atoms with Gasteiger partial charge in [-0.1, -0.05) is 6.08 Å². The molecule has 0 amide bonds. The molecule has 0 heterocycles. The van der Waals surface area contributed by atoms with Crippen LogP contribution in [0.2, 0.25) is 0 Å². The fourth-order valence-corrected chi connectivity index (χ4v) is 0.556. The van der Waals surface area contributed by atoms with Gasteiger partial charge in [0.2, 0.25) is 0 Å². The van der Waals surface area contributed by atoms with E-state index in [1.807, 2.05) is 13.8 Å². The third-order valence-corrected chi connectivity index (χ3v) is 0.996. The van der Waals surface area contributed by atoms with E-state index in [4.69, 9.17) is 9.84 Å². The second kappa shape index (κ2) is 5.92. The summed E-state index contributed by atoms with van der Waals surface area (Å²) in [5, 5.41) is 8.19. The van der Waals surface area contributed by atoms with Crippen LogP contribution in [-0.4, -0.2) is 23.8 Å². The number of hydrogen-bond acceptors (Lipinski definition) is 2. The van der Waals surface area contributed by atoms with Crippen LogP contribution >= 0.6 is 0 Å². The molecular formula is C8H14O3. The molecule has 0 bridgehead atoms. The number of carbonyl (C=O) groups is 1. The van der Waals surface area contributed by atoms with Gasteiger partial charge in [-0.05, 0) is 20.3 Å². The quantitative estimate of drug-likeness (QED) is 0.486. The Morgan fingerprint density at radius 1 is 1.64 bits per heavy atom. The Morgan fingerprint density at radius 2 is 2.27 bits per heavy atom. The zero-order valence-electron chi connectivity index (χ0n) is 6.91. The maximum atomic E-state index is 9.97. The molecule has 0 aliphatic carbocycles. The maximum Gasteiger partial charge on any atom is 0.327 e. The van der Waals surface area contributed by atoms with Crippen molar-refractivity contribution in [1.82, 2.24) is 0 Å². The molecular weight excluding hydrogens is 144 g/mol. The van der Waals surface area contributed by atoms with Crippen LogP contribution in [0.4, 0.5) is 0 Å². The fourth-order valence-electron chi connectivity index (χ4n) is 0.556. The topological polar surface area (TPSA) is 46.5 Å². The number of hydrogen-bond donors (Lipinski definition) is 1. The van der Waals surface area contributed by atoms with Gasteiger partial charge < -0.3 is 9.84 Å². The molecule has 64 valence electrons. The van der Waals surface area contributed by atoms with Crippen molar-refractivity contribution in [2.45, 2.75) is 26.4 Å². The van der Waals surface area contributed by atoms with Crippen molar-refractivity contribution < 1.29 is 14.6 Å². The summed E-state index contributed by atoms with van der Waals surface area (Å²) < 4.78 is 5.18. The third-order valence-electron chi connectivity index (χ3n) is 0.996. The van der Waals surface area contributed by atoms with Gasteiger partial charge in [0.15, 0.2) is 0 Å². The summed E-state index contributed by atoms with van der Waals surface area (Å²) in [7, 11) is 0. The summed E-state index contributed by atoms with van der Waals surface area (Å²) >= 11 is 0. The predicted molar refractivity (Wildman–Crippen MR) is 42.5 cm³/mol. The SMILES string of the molecule is CC(C)OCC/C=C/C(=O)O. The van der Waals surface area contributed by atoms with E-state index in [1.165, 1.54) is 0 Å². The summed E-state index contributed by atoms with van der Waals surface area (Å²) in [6.45, 7) is 4.48. The fraction of sp³-hybridized carbons (Fsp3) is 0.625. The highest BCUT2D eigenvalue weighted by atomic mass is 16.5. The van der Waals surface area contributed by atoms with Gasteiger partial charge in [0.25, 0.3) is 0 Å². The molecule has 0 radical (unpaired) electrons. The van der Waals surface area contributed by atoms with Crippen LogP contribution < -0.4 is 0 Å². The molecule has 0 unspecified atom stereocenters. The van der Waals surface area contributed by atoms with Crippen molar-refractivity contribution in [3.05, 3.63) is 12.2 Å². The number of carboxylic acids is 1. The third kappa shape index (κ3) is 9.17. The number of ether oxygens (including phenoxy) is 1. The van der Waals surface area contributed by atoms with E-state index >= 15 is 0 Å². The van der Waals surface area contributed by atoms with Gasteiger partial charge in [0.1, 0.15) is 0 Å². The van der Waals surface area contributed by atoms with Gasteiger partial charge in [-0.15, -0.1) is 0 Å². The van der Waals surface area contributed by atoms with E-state index in [0.29, 0.717) is 13.0 Å². The normalized spacial score (nSPS) is 11.2. The number of aliphatic carboxylic acids is 1. The Hall–Kier alpha value is -0.830. The van der Waals surface area contributed by atoms with Crippen molar-refractivity contribution in [2.24, 2.45) is 0 Å². The molecule has 1 N–H and O–H groups in total. The lowest BCUT2D eigenvalue weighted by Crippen LogP contribution is -2.02. The number of rotatable bonds is 5.